The van der Waals surface area contributed by atoms with Crippen LogP contribution in [-0.4, -0.2) is 41.7 Å². The van der Waals surface area contributed by atoms with Crippen LogP contribution in [0.4, 0.5) is 5.69 Å². The Morgan fingerprint density at radius 1 is 1.39 bits per heavy atom. The van der Waals surface area contributed by atoms with Gasteiger partial charge >= 0.3 is 5.97 Å². The number of hydrogen-bond acceptors (Lipinski definition) is 4. The summed E-state index contributed by atoms with van der Waals surface area (Å²) in [5, 5.41) is 11.5. The Morgan fingerprint density at radius 2 is 2.04 bits per heavy atom. The van der Waals surface area contributed by atoms with Crippen molar-refractivity contribution >= 4 is 35.2 Å². The number of nitrogens with one attached hydrogen (secondary N) is 1. The third-order valence-electron chi connectivity index (χ3n) is 3.90. The van der Waals surface area contributed by atoms with E-state index in [9.17, 15) is 14.4 Å². The molecule has 1 aromatic rings. The van der Waals surface area contributed by atoms with Crippen LogP contribution in [0.25, 0.3) is 0 Å². The molecule has 0 aromatic heterocycles. The maximum absolute atomic E-state index is 12.2. The molecule has 2 N–H and O–H groups in total. The zero-order valence-corrected chi connectivity index (χ0v) is 13.9. The molecule has 124 valence electrons. The van der Waals surface area contributed by atoms with Gasteiger partial charge in [0, 0.05) is 23.5 Å². The van der Waals surface area contributed by atoms with Crippen molar-refractivity contribution < 1.29 is 19.5 Å². The molecular weight excluding hydrogens is 316 g/mol. The molecule has 0 aliphatic carbocycles. The van der Waals surface area contributed by atoms with Gasteiger partial charge in [-0.1, -0.05) is 6.92 Å². The Bertz CT molecular complexity index is 603. The lowest BCUT2D eigenvalue weighted by atomic mass is 10.1. The normalized spacial score (nSPS) is 18.8. The minimum Gasteiger partial charge on any atom is -0.480 e. The minimum absolute atomic E-state index is 0.103. The molecule has 2 amide bonds. The fourth-order valence-corrected chi connectivity index (χ4v) is 2.93. The molecule has 0 bridgehead atoms. The van der Waals surface area contributed by atoms with Gasteiger partial charge in [0.05, 0.1) is 5.92 Å². The van der Waals surface area contributed by atoms with E-state index in [0.29, 0.717) is 6.42 Å². The van der Waals surface area contributed by atoms with Crippen LogP contribution >= 0.6 is 11.8 Å². The lowest BCUT2D eigenvalue weighted by Gasteiger charge is -2.18. The second-order valence-corrected chi connectivity index (χ2v) is 6.29. The van der Waals surface area contributed by atoms with E-state index in [-0.39, 0.29) is 24.8 Å². The van der Waals surface area contributed by atoms with Gasteiger partial charge in [-0.05, 0) is 36.9 Å². The van der Waals surface area contributed by atoms with E-state index in [4.69, 9.17) is 5.11 Å². The molecule has 0 spiro atoms. The molecule has 7 heteroatoms. The lowest BCUT2D eigenvalue weighted by Crippen LogP contribution is -2.43. The largest absolute Gasteiger partial charge is 0.480 e. The molecule has 0 saturated carbocycles. The smallest absolute Gasteiger partial charge is 0.326 e. The topological polar surface area (TPSA) is 86.7 Å². The maximum atomic E-state index is 12.2. The third kappa shape index (κ3) is 4.04. The van der Waals surface area contributed by atoms with Crippen LogP contribution in [0.5, 0.6) is 0 Å². The summed E-state index contributed by atoms with van der Waals surface area (Å²) in [6.45, 7) is 1.97. The van der Waals surface area contributed by atoms with Gasteiger partial charge in [-0.2, -0.15) is 0 Å². The van der Waals surface area contributed by atoms with E-state index >= 15 is 0 Å². The molecule has 2 rings (SSSR count). The van der Waals surface area contributed by atoms with E-state index in [1.165, 1.54) is 0 Å². The first kappa shape index (κ1) is 17.3. The molecule has 1 fully saturated rings. The van der Waals surface area contributed by atoms with Gasteiger partial charge in [-0.15, -0.1) is 11.8 Å². The zero-order chi connectivity index (χ0) is 17.0. The molecule has 2 unspecified atom stereocenters. The summed E-state index contributed by atoms with van der Waals surface area (Å²) >= 11 is 1.62. The number of carbonyl (C=O) groups is 3. The summed E-state index contributed by atoms with van der Waals surface area (Å²) in [6, 6.07) is 6.66. The Morgan fingerprint density at radius 3 is 2.57 bits per heavy atom. The van der Waals surface area contributed by atoms with Crippen LogP contribution in [0.1, 0.15) is 19.8 Å². The van der Waals surface area contributed by atoms with Crippen molar-refractivity contribution in [3.63, 3.8) is 0 Å². The zero-order valence-electron chi connectivity index (χ0n) is 13.1. The van der Waals surface area contributed by atoms with Crippen molar-refractivity contribution in [3.05, 3.63) is 24.3 Å². The van der Waals surface area contributed by atoms with E-state index < -0.39 is 17.9 Å². The van der Waals surface area contributed by atoms with Crippen LogP contribution < -0.4 is 10.2 Å². The van der Waals surface area contributed by atoms with Crippen LogP contribution in [0.3, 0.4) is 0 Å². The second kappa shape index (κ2) is 7.50. The van der Waals surface area contributed by atoms with Crippen molar-refractivity contribution in [2.45, 2.75) is 30.7 Å². The molecule has 1 aliphatic rings. The number of carbonyl (C=O) groups excluding carboxylic acids is 2. The van der Waals surface area contributed by atoms with E-state index in [0.717, 1.165) is 10.6 Å². The molecule has 1 aliphatic heterocycles. The fraction of sp³-hybridized carbons (Fsp3) is 0.438. The van der Waals surface area contributed by atoms with E-state index in [1.807, 2.05) is 30.5 Å². The molecule has 1 aromatic carbocycles. The van der Waals surface area contributed by atoms with Crippen LogP contribution in [0, 0.1) is 5.92 Å². The highest BCUT2D eigenvalue weighted by molar-refractivity contribution is 7.98. The Kier molecular flexibility index (Phi) is 5.65. The predicted octanol–water partition coefficient (Wildman–Crippen LogP) is 1.74. The predicted molar refractivity (Wildman–Crippen MR) is 88.5 cm³/mol. The van der Waals surface area contributed by atoms with Gasteiger partial charge in [0.25, 0.3) is 0 Å². The highest BCUT2D eigenvalue weighted by Gasteiger charge is 2.36. The minimum atomic E-state index is -1.06. The number of anilines is 1. The SMILES string of the molecule is CCC(NC(=O)C1CC(=O)N(c2ccc(SC)cc2)C1)C(=O)O. The summed E-state index contributed by atoms with van der Waals surface area (Å²) in [5.41, 5.74) is 0.758. The van der Waals surface area contributed by atoms with Gasteiger partial charge < -0.3 is 15.3 Å². The van der Waals surface area contributed by atoms with Crippen molar-refractivity contribution in [3.8, 4) is 0 Å². The number of aliphatic carboxylic acids is 1. The summed E-state index contributed by atoms with van der Waals surface area (Å²) < 4.78 is 0. The highest BCUT2D eigenvalue weighted by Crippen LogP contribution is 2.27. The number of benzene rings is 1. The lowest BCUT2D eigenvalue weighted by molar-refractivity contribution is -0.142. The quantitative estimate of drug-likeness (QED) is 0.773. The van der Waals surface area contributed by atoms with Gasteiger partial charge in [0.2, 0.25) is 11.8 Å². The standard InChI is InChI=1S/C16H20N2O4S/c1-3-13(16(21)22)17-15(20)10-8-14(19)18(9-10)11-4-6-12(23-2)7-5-11/h4-7,10,13H,3,8-9H2,1-2H3,(H,17,20)(H,21,22). The molecule has 0 radical (unpaired) electrons. The van der Waals surface area contributed by atoms with Crippen molar-refractivity contribution in [2.75, 3.05) is 17.7 Å². The summed E-state index contributed by atoms with van der Waals surface area (Å²) in [7, 11) is 0. The van der Waals surface area contributed by atoms with Gasteiger partial charge in [-0.25, -0.2) is 4.79 Å². The first-order valence-electron chi connectivity index (χ1n) is 7.43. The third-order valence-corrected chi connectivity index (χ3v) is 4.65. The van der Waals surface area contributed by atoms with Gasteiger partial charge in [-0.3, -0.25) is 9.59 Å². The number of rotatable bonds is 6. The number of amides is 2. The number of hydrogen-bond donors (Lipinski definition) is 2. The molecule has 1 heterocycles. The first-order valence-corrected chi connectivity index (χ1v) is 8.66. The Labute approximate surface area is 139 Å². The molecule has 23 heavy (non-hydrogen) atoms. The second-order valence-electron chi connectivity index (χ2n) is 5.41. The molecule has 2 atom stereocenters. The average molecular weight is 336 g/mol. The monoisotopic (exact) mass is 336 g/mol. The number of nitrogens with zero attached hydrogens (tertiary/aromatic N) is 1. The van der Waals surface area contributed by atoms with Crippen LogP contribution in [0.2, 0.25) is 0 Å². The van der Waals surface area contributed by atoms with E-state index in [2.05, 4.69) is 5.32 Å². The van der Waals surface area contributed by atoms with E-state index in [1.54, 1.807) is 23.6 Å². The fourth-order valence-electron chi connectivity index (χ4n) is 2.52. The highest BCUT2D eigenvalue weighted by atomic mass is 32.2. The summed E-state index contributed by atoms with van der Waals surface area (Å²) in [6.07, 6.45) is 2.39. The first-order chi connectivity index (χ1) is 11.0. The van der Waals surface area contributed by atoms with Crippen molar-refractivity contribution in [1.29, 1.82) is 0 Å². The van der Waals surface area contributed by atoms with Crippen LogP contribution in [-0.2, 0) is 14.4 Å². The number of carboxylic acids is 1. The maximum Gasteiger partial charge on any atom is 0.326 e. The summed E-state index contributed by atoms with van der Waals surface area (Å²) in [5.74, 6) is -2.08. The molecular formula is C16H20N2O4S. The number of carboxylic acid groups (broad SMARTS) is 1. The number of thioether (sulfide) groups is 1. The Hall–Kier alpha value is -2.02. The Balaban J connectivity index is 2.03. The van der Waals surface area contributed by atoms with Crippen LogP contribution in [0.15, 0.2) is 29.2 Å². The average Bonchev–Trinajstić information content (AvgIpc) is 2.94. The van der Waals surface area contributed by atoms with Gasteiger partial charge in [0.15, 0.2) is 0 Å². The van der Waals surface area contributed by atoms with Crippen molar-refractivity contribution in [2.24, 2.45) is 5.92 Å². The van der Waals surface area contributed by atoms with Gasteiger partial charge in [0.1, 0.15) is 6.04 Å². The molecule has 1 saturated heterocycles. The van der Waals surface area contributed by atoms with Crippen molar-refractivity contribution in [1.82, 2.24) is 5.32 Å². The summed E-state index contributed by atoms with van der Waals surface area (Å²) in [4.78, 5) is 38.0. The molecule has 6 nitrogen and oxygen atoms in total.